The number of hydrogen-bond donors (Lipinski definition) is 2. The van der Waals surface area contributed by atoms with Gasteiger partial charge in [-0.3, -0.25) is 0 Å². The molecule has 0 amide bonds. The zero-order valence-corrected chi connectivity index (χ0v) is 12.4. The van der Waals surface area contributed by atoms with E-state index in [0.717, 1.165) is 24.8 Å². The normalized spacial score (nSPS) is 16.4. The lowest BCUT2D eigenvalue weighted by Gasteiger charge is -2.32. The molecule has 0 spiro atoms. The van der Waals surface area contributed by atoms with Gasteiger partial charge in [0.25, 0.3) is 0 Å². The van der Waals surface area contributed by atoms with Crippen LogP contribution in [0.2, 0.25) is 0 Å². The summed E-state index contributed by atoms with van der Waals surface area (Å²) in [6, 6.07) is 1.90. The van der Waals surface area contributed by atoms with Gasteiger partial charge < -0.3 is 15.1 Å². The van der Waals surface area contributed by atoms with E-state index in [9.17, 15) is 0 Å². The van der Waals surface area contributed by atoms with Crippen molar-refractivity contribution in [3.05, 3.63) is 11.9 Å². The van der Waals surface area contributed by atoms with Crippen LogP contribution in [0.5, 0.6) is 0 Å². The molecule has 112 valence electrons. The summed E-state index contributed by atoms with van der Waals surface area (Å²) in [5, 5.41) is 0. The Hall–Kier alpha value is -1.40. The molecule has 0 bridgehead atoms. The molecule has 0 aromatic carbocycles. The summed E-state index contributed by atoms with van der Waals surface area (Å²) in [7, 11) is 0. The summed E-state index contributed by atoms with van der Waals surface area (Å²) < 4.78 is 5.38. The Labute approximate surface area is 120 Å². The molecule has 6 heteroatoms. The highest BCUT2D eigenvalue weighted by Crippen LogP contribution is 2.25. The average Bonchev–Trinajstić information content (AvgIpc) is 2.52. The molecule has 0 saturated carbocycles. The molecule has 3 N–H and O–H groups in total. The van der Waals surface area contributed by atoms with E-state index in [0.29, 0.717) is 24.9 Å². The molecule has 0 atom stereocenters. The van der Waals surface area contributed by atoms with Gasteiger partial charge in [-0.05, 0) is 25.7 Å². The second-order valence-corrected chi connectivity index (χ2v) is 5.15. The molecule has 0 unspecified atom stereocenters. The number of hydrogen-bond acceptors (Lipinski definition) is 6. The van der Waals surface area contributed by atoms with Crippen LogP contribution in [0.1, 0.15) is 38.9 Å². The minimum atomic E-state index is 0.421. The molecule has 1 aliphatic rings. The molecule has 0 aliphatic carbocycles. The lowest BCUT2D eigenvalue weighted by molar-refractivity contribution is 0.128. The molecule has 20 heavy (non-hydrogen) atoms. The van der Waals surface area contributed by atoms with E-state index < -0.39 is 0 Å². The maximum absolute atomic E-state index is 5.49. The molecule has 6 nitrogen and oxygen atoms in total. The van der Waals surface area contributed by atoms with Gasteiger partial charge in [0.1, 0.15) is 18.2 Å². The summed E-state index contributed by atoms with van der Waals surface area (Å²) in [6.45, 7) is 7.40. The highest BCUT2D eigenvalue weighted by atomic mass is 16.5. The van der Waals surface area contributed by atoms with Gasteiger partial charge in [-0.1, -0.05) is 13.3 Å². The monoisotopic (exact) mass is 279 g/mol. The molecule has 2 rings (SSSR count). The van der Waals surface area contributed by atoms with Gasteiger partial charge >= 0.3 is 0 Å². The topological polar surface area (TPSA) is 76.3 Å². The van der Waals surface area contributed by atoms with Gasteiger partial charge in [0.2, 0.25) is 0 Å². The lowest BCUT2D eigenvalue weighted by atomic mass is 9.94. The maximum atomic E-state index is 5.49. The van der Waals surface area contributed by atoms with Crippen LogP contribution in [0.25, 0.3) is 0 Å². The second-order valence-electron chi connectivity index (χ2n) is 5.15. The highest BCUT2D eigenvalue weighted by molar-refractivity contribution is 5.49. The van der Waals surface area contributed by atoms with Crippen molar-refractivity contribution in [3.8, 4) is 0 Å². The number of nitrogens with two attached hydrogens (primary N) is 1. The van der Waals surface area contributed by atoms with Crippen LogP contribution in [0.4, 0.5) is 11.6 Å². The molecule has 1 aliphatic heterocycles. The number of piperidine rings is 1. The molecule has 1 aromatic heterocycles. The Balaban J connectivity index is 2.10. The second kappa shape index (κ2) is 7.40. The van der Waals surface area contributed by atoms with Crippen molar-refractivity contribution in [1.82, 2.24) is 9.97 Å². The van der Waals surface area contributed by atoms with Crippen LogP contribution in [0, 0.1) is 5.92 Å². The molecular formula is C14H25N5O. The number of nitrogens with zero attached hydrogens (tertiary/aromatic N) is 3. The van der Waals surface area contributed by atoms with Gasteiger partial charge in [0, 0.05) is 25.8 Å². The molecular weight excluding hydrogens is 254 g/mol. The first kappa shape index (κ1) is 15.0. The Kier molecular flexibility index (Phi) is 5.55. The smallest absolute Gasteiger partial charge is 0.158 e. The van der Waals surface area contributed by atoms with Crippen molar-refractivity contribution >= 4 is 11.6 Å². The van der Waals surface area contributed by atoms with E-state index in [2.05, 4.69) is 27.2 Å². The summed E-state index contributed by atoms with van der Waals surface area (Å²) >= 11 is 0. The summed E-state index contributed by atoms with van der Waals surface area (Å²) in [4.78, 5) is 11.2. The first-order chi connectivity index (χ1) is 9.76. The number of rotatable bonds is 6. The Morgan fingerprint density at radius 3 is 2.70 bits per heavy atom. The van der Waals surface area contributed by atoms with Crippen LogP contribution in [0.3, 0.4) is 0 Å². The Morgan fingerprint density at radius 2 is 2.10 bits per heavy atom. The maximum Gasteiger partial charge on any atom is 0.158 e. The van der Waals surface area contributed by atoms with Gasteiger partial charge in [0.15, 0.2) is 5.82 Å². The summed E-state index contributed by atoms with van der Waals surface area (Å²) in [6.07, 6.45) is 3.72. The fraction of sp³-hybridized carbons (Fsp3) is 0.714. The van der Waals surface area contributed by atoms with Crippen molar-refractivity contribution in [1.29, 1.82) is 0 Å². The number of hydrazine groups is 1. The number of aromatic nitrogens is 2. The van der Waals surface area contributed by atoms with Gasteiger partial charge in [-0.2, -0.15) is 0 Å². The van der Waals surface area contributed by atoms with Crippen molar-refractivity contribution in [2.24, 2.45) is 11.8 Å². The third kappa shape index (κ3) is 3.80. The fourth-order valence-electron chi connectivity index (χ4n) is 2.55. The lowest BCUT2D eigenvalue weighted by Crippen LogP contribution is -2.34. The van der Waals surface area contributed by atoms with Crippen LogP contribution in [-0.2, 0) is 11.3 Å². The quantitative estimate of drug-likeness (QED) is 0.612. The number of anilines is 2. The van der Waals surface area contributed by atoms with Crippen molar-refractivity contribution in [2.75, 3.05) is 30.0 Å². The zero-order chi connectivity index (χ0) is 14.4. The van der Waals surface area contributed by atoms with Gasteiger partial charge in [-0.25, -0.2) is 15.8 Å². The van der Waals surface area contributed by atoms with E-state index in [4.69, 9.17) is 10.6 Å². The predicted molar refractivity (Wildman–Crippen MR) is 80.4 cm³/mol. The van der Waals surface area contributed by atoms with Gasteiger partial charge in [-0.15, -0.1) is 0 Å². The Morgan fingerprint density at radius 1 is 1.35 bits per heavy atom. The fourth-order valence-corrected chi connectivity index (χ4v) is 2.55. The number of ether oxygens (including phenoxy) is 1. The van der Waals surface area contributed by atoms with E-state index in [-0.39, 0.29) is 0 Å². The van der Waals surface area contributed by atoms with E-state index >= 15 is 0 Å². The zero-order valence-electron chi connectivity index (χ0n) is 12.4. The minimum Gasteiger partial charge on any atom is -0.374 e. The first-order valence-corrected chi connectivity index (χ1v) is 7.44. The molecule has 1 aromatic rings. The summed E-state index contributed by atoms with van der Waals surface area (Å²) in [5.74, 6) is 8.60. The van der Waals surface area contributed by atoms with Crippen molar-refractivity contribution in [2.45, 2.75) is 39.7 Å². The molecule has 1 fully saturated rings. The predicted octanol–water partition coefficient (Wildman–Crippen LogP) is 1.93. The standard InChI is InChI=1S/C14H25N5O/c1-3-11-5-7-19(8-6-11)14-9-12(18-15)16-13(17-14)10-20-4-2/h9,11H,3-8,10,15H2,1-2H3,(H,16,17,18). The molecule has 2 heterocycles. The van der Waals surface area contributed by atoms with E-state index in [1.807, 2.05) is 13.0 Å². The third-order valence-electron chi connectivity index (χ3n) is 3.86. The first-order valence-electron chi connectivity index (χ1n) is 7.44. The van der Waals surface area contributed by atoms with E-state index in [1.165, 1.54) is 19.3 Å². The van der Waals surface area contributed by atoms with Crippen molar-refractivity contribution < 1.29 is 4.74 Å². The van der Waals surface area contributed by atoms with Crippen LogP contribution < -0.4 is 16.2 Å². The third-order valence-corrected chi connectivity index (χ3v) is 3.86. The largest absolute Gasteiger partial charge is 0.374 e. The number of nitrogens with one attached hydrogen (secondary N) is 1. The Bertz CT molecular complexity index is 418. The molecule has 0 radical (unpaired) electrons. The summed E-state index contributed by atoms with van der Waals surface area (Å²) in [5.41, 5.74) is 2.61. The number of nitrogen functional groups attached to an aromatic ring is 1. The molecule has 1 saturated heterocycles. The van der Waals surface area contributed by atoms with Crippen LogP contribution in [-0.4, -0.2) is 29.7 Å². The van der Waals surface area contributed by atoms with E-state index in [1.54, 1.807) is 0 Å². The van der Waals surface area contributed by atoms with Gasteiger partial charge in [0.05, 0.1) is 0 Å². The van der Waals surface area contributed by atoms with Crippen LogP contribution >= 0.6 is 0 Å². The van der Waals surface area contributed by atoms with Crippen LogP contribution in [0.15, 0.2) is 6.07 Å². The minimum absolute atomic E-state index is 0.421. The SMILES string of the molecule is CCOCc1nc(NN)cc(N2CCC(CC)CC2)n1. The highest BCUT2D eigenvalue weighted by Gasteiger charge is 2.19. The average molecular weight is 279 g/mol. The van der Waals surface area contributed by atoms with Crippen molar-refractivity contribution in [3.63, 3.8) is 0 Å².